The molecule has 0 aliphatic heterocycles. The maximum atomic E-state index is 10.7. The summed E-state index contributed by atoms with van der Waals surface area (Å²) in [5, 5.41) is 0. The number of carbonyl (C=O) groups is 1. The topological polar surface area (TPSA) is 26.3 Å². The third-order valence-corrected chi connectivity index (χ3v) is 1.56. The van der Waals surface area contributed by atoms with Gasteiger partial charge in [0.05, 0.1) is 6.61 Å². The Morgan fingerprint density at radius 1 is 1.50 bits per heavy atom. The van der Waals surface area contributed by atoms with Crippen molar-refractivity contribution in [2.24, 2.45) is 0 Å². The van der Waals surface area contributed by atoms with Crippen molar-refractivity contribution in [2.45, 2.75) is 26.2 Å². The molecule has 0 rings (SSSR count). The van der Waals surface area contributed by atoms with Crippen LogP contribution in [0.15, 0.2) is 12.2 Å². The fourth-order valence-electron chi connectivity index (χ4n) is 0.727. The second kappa shape index (κ2) is 8.60. The molecule has 0 heterocycles. The Labute approximate surface area is 78.5 Å². The van der Waals surface area contributed by atoms with E-state index in [2.05, 4.69) is 0 Å². The number of carbonyl (C=O) groups excluding carboxylic acids is 1. The Hall–Kier alpha value is -0.500. The molecule has 0 atom stereocenters. The predicted octanol–water partition coefficient (Wildman–Crippen LogP) is 2.51. The number of esters is 1. The second-order valence-electron chi connectivity index (χ2n) is 2.34. The molecule has 2 nitrogen and oxygen atoms in total. The van der Waals surface area contributed by atoms with Gasteiger partial charge in [0.2, 0.25) is 0 Å². The van der Waals surface area contributed by atoms with E-state index in [0.717, 1.165) is 19.3 Å². The van der Waals surface area contributed by atoms with Gasteiger partial charge in [0.15, 0.2) is 0 Å². The lowest BCUT2D eigenvalue weighted by atomic mass is 10.2. The highest BCUT2D eigenvalue weighted by molar-refractivity contribution is 6.17. The molecule has 0 amide bonds. The lowest BCUT2D eigenvalue weighted by molar-refractivity contribution is -0.137. The number of hydrogen-bond donors (Lipinski definition) is 0. The number of ether oxygens (including phenoxy) is 1. The first-order chi connectivity index (χ1) is 5.81. The third kappa shape index (κ3) is 7.61. The number of rotatable bonds is 6. The van der Waals surface area contributed by atoms with Crippen LogP contribution in [-0.2, 0) is 9.53 Å². The molecule has 0 aliphatic rings. The van der Waals surface area contributed by atoms with Crippen molar-refractivity contribution in [2.75, 3.05) is 12.5 Å². The van der Waals surface area contributed by atoms with E-state index in [-0.39, 0.29) is 5.97 Å². The Bertz CT molecular complexity index is 143. The van der Waals surface area contributed by atoms with Crippen LogP contribution in [-0.4, -0.2) is 18.5 Å². The van der Waals surface area contributed by atoms with Crippen molar-refractivity contribution in [3.63, 3.8) is 0 Å². The molecule has 0 fully saturated rings. The van der Waals surface area contributed by atoms with Crippen LogP contribution in [0.5, 0.6) is 0 Å². The predicted molar refractivity (Wildman–Crippen MR) is 50.3 cm³/mol. The Balaban J connectivity index is 3.29. The molecule has 0 bridgehead atoms. The van der Waals surface area contributed by atoms with Crippen LogP contribution in [0.3, 0.4) is 0 Å². The molecule has 0 saturated carbocycles. The summed E-state index contributed by atoms with van der Waals surface area (Å²) in [4.78, 5) is 10.7. The summed E-state index contributed by atoms with van der Waals surface area (Å²) < 4.78 is 4.70. The molecule has 0 aromatic carbocycles. The minimum absolute atomic E-state index is 0.261. The van der Waals surface area contributed by atoms with E-state index in [0.29, 0.717) is 12.5 Å². The maximum Gasteiger partial charge on any atom is 0.330 e. The van der Waals surface area contributed by atoms with Crippen LogP contribution in [0.1, 0.15) is 26.2 Å². The van der Waals surface area contributed by atoms with E-state index in [9.17, 15) is 4.79 Å². The SMILES string of the molecule is CCOC(=O)C=CCCCCCl. The van der Waals surface area contributed by atoms with Crippen molar-refractivity contribution in [3.05, 3.63) is 12.2 Å². The van der Waals surface area contributed by atoms with Crippen LogP contribution in [0, 0.1) is 0 Å². The van der Waals surface area contributed by atoms with E-state index in [4.69, 9.17) is 16.3 Å². The van der Waals surface area contributed by atoms with Crippen molar-refractivity contribution in [1.29, 1.82) is 0 Å². The lowest BCUT2D eigenvalue weighted by Gasteiger charge is -1.94. The maximum absolute atomic E-state index is 10.7. The standard InChI is InChI=1S/C9H15ClO2/c1-2-12-9(11)7-5-3-4-6-8-10/h5,7H,2-4,6,8H2,1H3. The number of hydrogen-bond acceptors (Lipinski definition) is 2. The summed E-state index contributed by atoms with van der Waals surface area (Å²) in [6.07, 6.45) is 6.21. The fourth-order valence-corrected chi connectivity index (χ4v) is 0.916. The van der Waals surface area contributed by atoms with Gasteiger partial charge < -0.3 is 4.74 Å². The number of unbranched alkanes of at least 4 members (excludes halogenated alkanes) is 2. The minimum Gasteiger partial charge on any atom is -0.463 e. The lowest BCUT2D eigenvalue weighted by Crippen LogP contribution is -1.98. The molecular weight excluding hydrogens is 176 g/mol. The van der Waals surface area contributed by atoms with Crippen LogP contribution in [0.2, 0.25) is 0 Å². The summed E-state index contributed by atoms with van der Waals surface area (Å²) in [7, 11) is 0. The van der Waals surface area contributed by atoms with Gasteiger partial charge in [0.25, 0.3) is 0 Å². The molecule has 0 radical (unpaired) electrons. The summed E-state index contributed by atoms with van der Waals surface area (Å²) >= 11 is 5.48. The molecule has 0 unspecified atom stereocenters. The molecule has 0 saturated heterocycles. The zero-order valence-corrected chi connectivity index (χ0v) is 8.14. The van der Waals surface area contributed by atoms with E-state index in [1.807, 2.05) is 6.08 Å². The highest BCUT2D eigenvalue weighted by Gasteiger charge is 1.91. The Morgan fingerprint density at radius 3 is 2.83 bits per heavy atom. The average molecular weight is 191 g/mol. The summed E-state index contributed by atoms with van der Waals surface area (Å²) in [5.41, 5.74) is 0. The van der Waals surface area contributed by atoms with Gasteiger partial charge in [-0.05, 0) is 26.2 Å². The van der Waals surface area contributed by atoms with Crippen molar-refractivity contribution in [1.82, 2.24) is 0 Å². The number of allylic oxidation sites excluding steroid dienone is 1. The molecule has 70 valence electrons. The van der Waals surface area contributed by atoms with E-state index in [1.165, 1.54) is 6.08 Å². The largest absolute Gasteiger partial charge is 0.463 e. The molecular formula is C9H15ClO2. The van der Waals surface area contributed by atoms with Gasteiger partial charge in [-0.15, -0.1) is 11.6 Å². The highest BCUT2D eigenvalue weighted by Crippen LogP contribution is 1.98. The smallest absolute Gasteiger partial charge is 0.330 e. The zero-order chi connectivity index (χ0) is 9.23. The first-order valence-electron chi connectivity index (χ1n) is 4.20. The van der Waals surface area contributed by atoms with Crippen LogP contribution >= 0.6 is 11.6 Å². The van der Waals surface area contributed by atoms with Gasteiger partial charge >= 0.3 is 5.97 Å². The second-order valence-corrected chi connectivity index (χ2v) is 2.72. The zero-order valence-electron chi connectivity index (χ0n) is 7.38. The normalized spacial score (nSPS) is 10.5. The molecule has 3 heteroatoms. The molecule has 12 heavy (non-hydrogen) atoms. The molecule has 0 aliphatic carbocycles. The number of alkyl halides is 1. The average Bonchev–Trinajstić information content (AvgIpc) is 2.05. The first-order valence-corrected chi connectivity index (χ1v) is 4.74. The quantitative estimate of drug-likeness (QED) is 0.279. The van der Waals surface area contributed by atoms with Gasteiger partial charge in [-0.2, -0.15) is 0 Å². The van der Waals surface area contributed by atoms with E-state index < -0.39 is 0 Å². The highest BCUT2D eigenvalue weighted by atomic mass is 35.5. The van der Waals surface area contributed by atoms with Gasteiger partial charge in [-0.3, -0.25) is 0 Å². The van der Waals surface area contributed by atoms with Crippen molar-refractivity contribution in [3.8, 4) is 0 Å². The summed E-state index contributed by atoms with van der Waals surface area (Å²) in [6, 6.07) is 0. The molecule has 0 N–H and O–H groups in total. The number of halogens is 1. The van der Waals surface area contributed by atoms with Crippen molar-refractivity contribution < 1.29 is 9.53 Å². The van der Waals surface area contributed by atoms with E-state index in [1.54, 1.807) is 6.92 Å². The Kier molecular flexibility index (Phi) is 8.24. The van der Waals surface area contributed by atoms with Gasteiger partial charge in [0.1, 0.15) is 0 Å². The summed E-state index contributed by atoms with van der Waals surface area (Å²) in [5.74, 6) is 0.427. The monoisotopic (exact) mass is 190 g/mol. The van der Waals surface area contributed by atoms with Crippen LogP contribution < -0.4 is 0 Å². The third-order valence-electron chi connectivity index (χ3n) is 1.29. The van der Waals surface area contributed by atoms with Gasteiger partial charge in [-0.1, -0.05) is 6.08 Å². The van der Waals surface area contributed by atoms with Crippen LogP contribution in [0.25, 0.3) is 0 Å². The minimum atomic E-state index is -0.261. The first kappa shape index (κ1) is 11.5. The fraction of sp³-hybridized carbons (Fsp3) is 0.667. The van der Waals surface area contributed by atoms with E-state index >= 15 is 0 Å². The van der Waals surface area contributed by atoms with Crippen molar-refractivity contribution >= 4 is 17.6 Å². The molecule has 0 aromatic rings. The molecule has 0 aromatic heterocycles. The van der Waals surface area contributed by atoms with Crippen LogP contribution in [0.4, 0.5) is 0 Å². The summed E-state index contributed by atoms with van der Waals surface area (Å²) in [6.45, 7) is 2.23. The molecule has 0 spiro atoms. The Morgan fingerprint density at radius 2 is 2.25 bits per heavy atom. The van der Waals surface area contributed by atoms with Gasteiger partial charge in [0, 0.05) is 12.0 Å². The van der Waals surface area contributed by atoms with Gasteiger partial charge in [-0.25, -0.2) is 4.79 Å².